The minimum absolute atomic E-state index is 0.118. The summed E-state index contributed by atoms with van der Waals surface area (Å²) in [7, 11) is 1.73. The molecule has 0 spiro atoms. The molecular weight excluding hydrogens is 462 g/mol. The maximum absolute atomic E-state index is 12.2. The van der Waals surface area contributed by atoms with Crippen molar-refractivity contribution in [3.8, 4) is 0 Å². The summed E-state index contributed by atoms with van der Waals surface area (Å²) >= 11 is 6.83. The molecule has 2 amide bonds. The van der Waals surface area contributed by atoms with E-state index in [1.165, 1.54) is 0 Å². The number of nitrogens with zero attached hydrogens (tertiary/aromatic N) is 1. The Morgan fingerprint density at radius 2 is 1.50 bits per heavy atom. The minimum Gasteiger partial charge on any atom is -0.325 e. The molecule has 7 heteroatoms. The Morgan fingerprint density at radius 1 is 0.923 bits per heavy atom. The van der Waals surface area contributed by atoms with Crippen LogP contribution in [-0.2, 0) is 9.59 Å². The van der Waals surface area contributed by atoms with Gasteiger partial charge in [0, 0.05) is 14.6 Å². The molecule has 0 aliphatic carbocycles. The van der Waals surface area contributed by atoms with E-state index in [1.807, 2.05) is 50.2 Å². The summed E-state index contributed by atoms with van der Waals surface area (Å²) < 4.78 is 1.79. The number of amides is 2. The van der Waals surface area contributed by atoms with Crippen molar-refractivity contribution in [2.24, 2.45) is 0 Å². The van der Waals surface area contributed by atoms with Crippen molar-refractivity contribution in [1.82, 2.24) is 4.90 Å². The molecule has 0 fully saturated rings. The average Bonchev–Trinajstić information content (AvgIpc) is 2.52. The Morgan fingerprint density at radius 3 is 2.08 bits per heavy atom. The van der Waals surface area contributed by atoms with Gasteiger partial charge in [-0.15, -0.1) is 0 Å². The fraction of sp³-hybridized carbons (Fsp3) is 0.263. The zero-order valence-electron chi connectivity index (χ0n) is 14.9. The number of likely N-dealkylation sites (N-methyl/N-ethyl adjacent to an activating group) is 1. The van der Waals surface area contributed by atoms with E-state index < -0.39 is 0 Å². The molecule has 0 heterocycles. The number of halogens is 2. The van der Waals surface area contributed by atoms with Gasteiger partial charge in [-0.05, 0) is 78.3 Å². The quantitative estimate of drug-likeness (QED) is 0.643. The van der Waals surface area contributed by atoms with Gasteiger partial charge in [0.2, 0.25) is 11.8 Å². The third-order valence-electron chi connectivity index (χ3n) is 3.69. The van der Waals surface area contributed by atoms with Crippen molar-refractivity contribution in [2.75, 3.05) is 30.8 Å². The first kappa shape index (κ1) is 20.6. The van der Waals surface area contributed by atoms with Crippen LogP contribution in [-0.4, -0.2) is 36.9 Å². The normalized spacial score (nSPS) is 10.7. The van der Waals surface area contributed by atoms with E-state index in [4.69, 9.17) is 0 Å². The van der Waals surface area contributed by atoms with E-state index in [1.54, 1.807) is 11.9 Å². The Hall–Kier alpha value is -1.70. The second kappa shape index (κ2) is 9.30. The molecule has 2 N–H and O–H groups in total. The summed E-state index contributed by atoms with van der Waals surface area (Å²) in [6.45, 7) is 4.15. The maximum atomic E-state index is 12.2. The number of carbonyl (C=O) groups is 2. The highest BCUT2D eigenvalue weighted by molar-refractivity contribution is 9.10. The monoisotopic (exact) mass is 481 g/mol. The Kier molecular flexibility index (Phi) is 7.37. The number of aryl methyl sites for hydroxylation is 2. The van der Waals surface area contributed by atoms with Crippen molar-refractivity contribution >= 4 is 55.0 Å². The van der Waals surface area contributed by atoms with Crippen LogP contribution in [0.5, 0.6) is 0 Å². The van der Waals surface area contributed by atoms with E-state index >= 15 is 0 Å². The van der Waals surface area contributed by atoms with Crippen LogP contribution in [0.3, 0.4) is 0 Å². The second-order valence-electron chi connectivity index (χ2n) is 6.21. The zero-order chi connectivity index (χ0) is 19.3. The molecule has 2 aromatic rings. The van der Waals surface area contributed by atoms with Crippen molar-refractivity contribution < 1.29 is 9.59 Å². The molecule has 138 valence electrons. The molecule has 0 atom stereocenters. The third kappa shape index (κ3) is 6.23. The zero-order valence-corrected chi connectivity index (χ0v) is 18.1. The molecule has 0 aromatic heterocycles. The van der Waals surface area contributed by atoms with E-state index in [9.17, 15) is 9.59 Å². The molecule has 0 saturated heterocycles. The van der Waals surface area contributed by atoms with Gasteiger partial charge in [-0.25, -0.2) is 0 Å². The summed E-state index contributed by atoms with van der Waals surface area (Å²) in [5, 5.41) is 5.71. The molecule has 0 bridgehead atoms. The van der Waals surface area contributed by atoms with Crippen molar-refractivity contribution in [3.63, 3.8) is 0 Å². The number of hydrogen-bond donors (Lipinski definition) is 2. The largest absolute Gasteiger partial charge is 0.325 e. The highest BCUT2D eigenvalue weighted by Crippen LogP contribution is 2.23. The Labute approximate surface area is 170 Å². The van der Waals surface area contributed by atoms with Gasteiger partial charge >= 0.3 is 0 Å². The van der Waals surface area contributed by atoms with Gasteiger partial charge < -0.3 is 10.6 Å². The highest BCUT2D eigenvalue weighted by atomic mass is 79.9. The van der Waals surface area contributed by atoms with Gasteiger partial charge in [-0.2, -0.15) is 0 Å². The lowest BCUT2D eigenvalue weighted by Crippen LogP contribution is -2.36. The first-order chi connectivity index (χ1) is 12.2. The van der Waals surface area contributed by atoms with E-state index in [0.717, 1.165) is 25.8 Å². The number of benzene rings is 2. The maximum Gasteiger partial charge on any atom is 0.238 e. The van der Waals surface area contributed by atoms with Gasteiger partial charge in [0.05, 0.1) is 18.8 Å². The summed E-state index contributed by atoms with van der Waals surface area (Å²) in [6.07, 6.45) is 0. The van der Waals surface area contributed by atoms with Gasteiger partial charge in [-0.3, -0.25) is 14.5 Å². The number of hydrogen-bond acceptors (Lipinski definition) is 3. The first-order valence-corrected chi connectivity index (χ1v) is 9.64. The molecule has 0 radical (unpaired) electrons. The molecule has 0 aliphatic heterocycles. The SMILES string of the molecule is Cc1ccc(NC(=O)CN(C)CC(=O)Nc2ccc(Br)cc2C)c(Br)c1. The number of rotatable bonds is 6. The van der Waals surface area contributed by atoms with Crippen LogP contribution >= 0.6 is 31.9 Å². The number of anilines is 2. The van der Waals surface area contributed by atoms with Crippen LogP contribution in [0.25, 0.3) is 0 Å². The van der Waals surface area contributed by atoms with Crippen LogP contribution < -0.4 is 10.6 Å². The summed E-state index contributed by atoms with van der Waals surface area (Å²) in [5.74, 6) is -0.341. The predicted molar refractivity (Wildman–Crippen MR) is 113 cm³/mol. The van der Waals surface area contributed by atoms with Gasteiger partial charge in [0.25, 0.3) is 0 Å². The molecule has 0 unspecified atom stereocenters. The van der Waals surface area contributed by atoms with Crippen molar-refractivity contribution in [1.29, 1.82) is 0 Å². The fourth-order valence-corrected chi connectivity index (χ4v) is 3.48. The molecule has 2 rings (SSSR count). The smallest absolute Gasteiger partial charge is 0.238 e. The lowest BCUT2D eigenvalue weighted by molar-refractivity contribution is -0.119. The number of carbonyl (C=O) groups excluding carboxylic acids is 2. The third-order valence-corrected chi connectivity index (χ3v) is 4.84. The van der Waals surface area contributed by atoms with E-state index in [2.05, 4.69) is 42.5 Å². The van der Waals surface area contributed by atoms with Crippen LogP contribution in [0.1, 0.15) is 11.1 Å². The second-order valence-corrected chi connectivity index (χ2v) is 7.98. The minimum atomic E-state index is -0.176. The predicted octanol–water partition coefficient (Wildman–Crippen LogP) is 4.34. The standard InChI is InChI=1S/C19H21Br2N3O2/c1-12-4-6-17(15(21)8-12)23-19(26)11-24(3)10-18(25)22-16-7-5-14(20)9-13(16)2/h4-9H,10-11H2,1-3H3,(H,22,25)(H,23,26). The van der Waals surface area contributed by atoms with Gasteiger partial charge in [0.1, 0.15) is 0 Å². The lowest BCUT2D eigenvalue weighted by atomic mass is 10.2. The molecule has 5 nitrogen and oxygen atoms in total. The van der Waals surface area contributed by atoms with Gasteiger partial charge in [0.15, 0.2) is 0 Å². The van der Waals surface area contributed by atoms with Crippen molar-refractivity contribution in [3.05, 3.63) is 56.5 Å². The lowest BCUT2D eigenvalue weighted by Gasteiger charge is -2.17. The van der Waals surface area contributed by atoms with E-state index in [0.29, 0.717) is 5.69 Å². The fourth-order valence-electron chi connectivity index (χ4n) is 2.41. The highest BCUT2D eigenvalue weighted by Gasteiger charge is 2.13. The molecule has 0 saturated carbocycles. The van der Waals surface area contributed by atoms with Gasteiger partial charge in [-0.1, -0.05) is 22.0 Å². The van der Waals surface area contributed by atoms with E-state index in [-0.39, 0.29) is 24.9 Å². The summed E-state index contributed by atoms with van der Waals surface area (Å²) in [5.41, 5.74) is 3.55. The first-order valence-electron chi connectivity index (χ1n) is 8.05. The van der Waals surface area contributed by atoms with Crippen LogP contribution in [0.4, 0.5) is 11.4 Å². The summed E-state index contributed by atoms with van der Waals surface area (Å²) in [6, 6.07) is 11.4. The molecular formula is C19H21Br2N3O2. The Bertz CT molecular complexity index is 757. The van der Waals surface area contributed by atoms with Crippen molar-refractivity contribution in [2.45, 2.75) is 13.8 Å². The molecule has 2 aromatic carbocycles. The summed E-state index contributed by atoms with van der Waals surface area (Å²) in [4.78, 5) is 26.0. The van der Waals surface area contributed by atoms with Crippen LogP contribution in [0, 0.1) is 13.8 Å². The van der Waals surface area contributed by atoms with Crippen LogP contribution in [0.15, 0.2) is 45.3 Å². The average molecular weight is 483 g/mol. The molecule has 26 heavy (non-hydrogen) atoms. The number of nitrogens with one attached hydrogen (secondary N) is 2. The van der Waals surface area contributed by atoms with Crippen LogP contribution in [0.2, 0.25) is 0 Å². The Balaban J connectivity index is 1.86. The topological polar surface area (TPSA) is 61.4 Å². The molecule has 0 aliphatic rings.